The van der Waals surface area contributed by atoms with Gasteiger partial charge >= 0.3 is 5.97 Å². The van der Waals surface area contributed by atoms with E-state index >= 15 is 0 Å². The van der Waals surface area contributed by atoms with E-state index < -0.39 is 5.97 Å². The van der Waals surface area contributed by atoms with Crippen LogP contribution in [0.2, 0.25) is 0 Å². The summed E-state index contributed by atoms with van der Waals surface area (Å²) in [5.41, 5.74) is -0.135. The van der Waals surface area contributed by atoms with Crippen LogP contribution in [-0.2, 0) is 4.79 Å². The maximum Gasteiger partial charge on any atom is 0.335 e. The van der Waals surface area contributed by atoms with Crippen LogP contribution in [0, 0.1) is 0 Å². The molecule has 0 radical (unpaired) electrons. The van der Waals surface area contributed by atoms with Crippen LogP contribution in [-0.4, -0.2) is 34.7 Å². The quantitative estimate of drug-likeness (QED) is 0.565. The zero-order valence-corrected chi connectivity index (χ0v) is 8.76. The molecule has 0 spiro atoms. The summed E-state index contributed by atoms with van der Waals surface area (Å²) in [7, 11) is 1.26. The van der Waals surface area contributed by atoms with Crippen molar-refractivity contribution in [3.8, 4) is 17.2 Å². The van der Waals surface area contributed by atoms with E-state index in [2.05, 4.69) is 4.74 Å². The fraction of sp³-hybridized carbons (Fsp3) is 0.100. The Hall–Kier alpha value is -2.50. The van der Waals surface area contributed by atoms with E-state index in [1.807, 2.05) is 0 Å². The summed E-state index contributed by atoms with van der Waals surface area (Å²) in [6.45, 7) is 0. The van der Waals surface area contributed by atoms with Crippen molar-refractivity contribution >= 4 is 11.9 Å². The molecular weight excluding hydrogens is 232 g/mol. The Bertz CT molecular complexity index is 460. The molecule has 0 unspecified atom stereocenters. The van der Waals surface area contributed by atoms with E-state index in [1.165, 1.54) is 13.1 Å². The number of phenols is 1. The third kappa shape index (κ3) is 3.23. The number of carbonyl (C=O) groups is 1. The Balaban J connectivity index is 0.00000256. The first-order chi connectivity index (χ1) is 7.60. The summed E-state index contributed by atoms with van der Waals surface area (Å²) >= 11 is 0. The third-order valence-corrected chi connectivity index (χ3v) is 1.74. The summed E-state index contributed by atoms with van der Waals surface area (Å²) in [6.07, 6.45) is 0.653. The first-order valence-corrected chi connectivity index (χ1v) is 4.10. The van der Waals surface area contributed by atoms with Crippen LogP contribution in [0.1, 0.15) is 10.4 Å². The van der Waals surface area contributed by atoms with Crippen molar-refractivity contribution in [2.45, 2.75) is 0 Å². The Kier molecular flexibility index (Phi) is 5.26. The van der Waals surface area contributed by atoms with Gasteiger partial charge in [-0.1, -0.05) is 0 Å². The molecule has 7 heteroatoms. The summed E-state index contributed by atoms with van der Waals surface area (Å²) in [4.78, 5) is 20.7. The largest absolute Gasteiger partial charge is 0.502 e. The Labute approximate surface area is 95.8 Å². The highest BCUT2D eigenvalue weighted by Gasteiger charge is 2.15. The molecule has 1 rings (SSSR count). The molecule has 0 bridgehead atoms. The first kappa shape index (κ1) is 14.5. The number of aromatic carboxylic acids is 1. The van der Waals surface area contributed by atoms with Gasteiger partial charge in [-0.2, -0.15) is 0 Å². The average Bonchev–Trinajstić information content (AvgIpc) is 2.27. The first-order valence-electron chi connectivity index (χ1n) is 4.10. The fourth-order valence-electron chi connectivity index (χ4n) is 1.04. The number of ether oxygens (including phenoxy) is 2. The number of methoxy groups -OCH3 is 1. The second-order valence-electron chi connectivity index (χ2n) is 2.68. The lowest BCUT2D eigenvalue weighted by Crippen LogP contribution is -1.98. The molecule has 0 saturated carbocycles. The van der Waals surface area contributed by atoms with Crippen molar-refractivity contribution in [2.24, 2.45) is 0 Å². The van der Waals surface area contributed by atoms with E-state index in [0.717, 1.165) is 12.1 Å². The summed E-state index contributed by atoms with van der Waals surface area (Å²) in [6, 6.07) is 2.20. The molecule has 1 aromatic carbocycles. The van der Waals surface area contributed by atoms with Crippen LogP contribution in [0.25, 0.3) is 0 Å². The lowest BCUT2D eigenvalue weighted by atomic mass is 10.2. The molecule has 0 saturated heterocycles. The van der Waals surface area contributed by atoms with Gasteiger partial charge in [0.15, 0.2) is 23.7 Å². The molecule has 0 atom stereocenters. The molecular formula is C10H10O7. The minimum absolute atomic E-state index is 0. The monoisotopic (exact) mass is 242 g/mol. The Morgan fingerprint density at radius 1 is 1.41 bits per heavy atom. The van der Waals surface area contributed by atoms with Crippen molar-refractivity contribution in [3.63, 3.8) is 0 Å². The topological polar surface area (TPSA) is 125 Å². The van der Waals surface area contributed by atoms with Crippen LogP contribution >= 0.6 is 0 Å². The number of phenolic OH excluding ortho intramolecular Hbond substituents is 1. The molecule has 0 heterocycles. The van der Waals surface area contributed by atoms with E-state index in [0.29, 0.717) is 6.26 Å². The van der Waals surface area contributed by atoms with Gasteiger partial charge in [0.25, 0.3) is 0 Å². The molecule has 17 heavy (non-hydrogen) atoms. The lowest BCUT2D eigenvalue weighted by Gasteiger charge is -2.08. The number of carboxylic acid groups (broad SMARTS) is 1. The normalized spacial score (nSPS) is 8.53. The number of benzene rings is 1. The number of rotatable bonds is 4. The zero-order chi connectivity index (χ0) is 12.1. The summed E-state index contributed by atoms with van der Waals surface area (Å²) in [5.74, 6) is -0.522. The highest BCUT2D eigenvalue weighted by Crippen LogP contribution is 2.37. The zero-order valence-electron chi connectivity index (χ0n) is 8.76. The predicted molar refractivity (Wildman–Crippen MR) is 56.1 cm³/mol. The van der Waals surface area contributed by atoms with Crippen molar-refractivity contribution in [2.75, 3.05) is 7.11 Å². The summed E-state index contributed by atoms with van der Waals surface area (Å²) < 4.78 is 9.43. The van der Waals surface area contributed by atoms with Crippen LogP contribution in [0.3, 0.4) is 0 Å². The van der Waals surface area contributed by atoms with Gasteiger partial charge in [0.05, 0.1) is 12.7 Å². The molecule has 0 aliphatic heterocycles. The molecule has 0 aromatic heterocycles. The van der Waals surface area contributed by atoms with Crippen LogP contribution < -0.4 is 9.47 Å². The number of carboxylic acids is 1. The molecule has 4 N–H and O–H groups in total. The van der Waals surface area contributed by atoms with Gasteiger partial charge in [-0.3, -0.25) is 0 Å². The highest BCUT2D eigenvalue weighted by atomic mass is 16.5. The minimum Gasteiger partial charge on any atom is -0.502 e. The van der Waals surface area contributed by atoms with E-state index in [4.69, 9.17) is 9.84 Å². The Morgan fingerprint density at radius 2 is 2.00 bits per heavy atom. The lowest BCUT2D eigenvalue weighted by molar-refractivity contribution is 0.0696. The molecule has 0 aliphatic rings. The van der Waals surface area contributed by atoms with Gasteiger partial charge in [0.1, 0.15) is 0 Å². The van der Waals surface area contributed by atoms with Gasteiger partial charge in [-0.05, 0) is 12.1 Å². The van der Waals surface area contributed by atoms with Gasteiger partial charge in [0.2, 0.25) is 5.75 Å². The molecule has 1 aromatic rings. The number of hydrogen-bond donors (Lipinski definition) is 2. The van der Waals surface area contributed by atoms with Crippen LogP contribution in [0.5, 0.6) is 17.2 Å². The van der Waals surface area contributed by atoms with Gasteiger partial charge in [-0.25, -0.2) is 9.59 Å². The van der Waals surface area contributed by atoms with E-state index in [-0.39, 0.29) is 28.3 Å². The Morgan fingerprint density at radius 3 is 2.47 bits per heavy atom. The summed E-state index contributed by atoms with van der Waals surface area (Å²) in [5, 5.41) is 18.3. The van der Waals surface area contributed by atoms with Crippen LogP contribution in [0.4, 0.5) is 0 Å². The van der Waals surface area contributed by atoms with Crippen molar-refractivity contribution in [1.82, 2.24) is 0 Å². The smallest absolute Gasteiger partial charge is 0.335 e. The standard InChI is InChI=1S/C10H8O6.H2O/c1-15-7-4-6(10(13)14)5-8(9(7)12)16-3-2-11;/h3-5,12H,1H3,(H,13,14);1H2. The fourth-order valence-corrected chi connectivity index (χ4v) is 1.04. The molecule has 0 aliphatic carbocycles. The second kappa shape index (κ2) is 6.16. The van der Waals surface area contributed by atoms with E-state index in [1.54, 1.807) is 0 Å². The third-order valence-electron chi connectivity index (χ3n) is 1.74. The van der Waals surface area contributed by atoms with E-state index in [9.17, 15) is 14.7 Å². The number of aromatic hydroxyl groups is 1. The van der Waals surface area contributed by atoms with Crippen LogP contribution in [0.15, 0.2) is 18.4 Å². The molecule has 7 nitrogen and oxygen atoms in total. The van der Waals surface area contributed by atoms with Gasteiger partial charge < -0.3 is 25.2 Å². The van der Waals surface area contributed by atoms with Crippen molar-refractivity contribution < 1.29 is 34.8 Å². The second-order valence-corrected chi connectivity index (χ2v) is 2.68. The number of carbonyl (C=O) groups excluding carboxylic acids is 1. The predicted octanol–water partition coefficient (Wildman–Crippen LogP) is -0.00160. The average molecular weight is 242 g/mol. The molecule has 92 valence electrons. The van der Waals surface area contributed by atoms with Gasteiger partial charge in [0, 0.05) is 0 Å². The van der Waals surface area contributed by atoms with Gasteiger partial charge in [-0.15, -0.1) is 0 Å². The molecule has 0 fully saturated rings. The SMILES string of the molecule is COc1cc(C(=O)O)cc(OC=C=O)c1O.O. The van der Waals surface area contributed by atoms with Crippen molar-refractivity contribution in [3.05, 3.63) is 24.0 Å². The van der Waals surface area contributed by atoms with Crippen molar-refractivity contribution in [1.29, 1.82) is 0 Å². The molecule has 0 amide bonds. The highest BCUT2D eigenvalue weighted by molar-refractivity contribution is 5.89. The number of hydrogen-bond acceptors (Lipinski definition) is 5. The maximum absolute atomic E-state index is 10.7. The minimum atomic E-state index is -1.21. The maximum atomic E-state index is 10.7.